The van der Waals surface area contributed by atoms with Gasteiger partial charge in [-0.3, -0.25) is 33.6 Å². The van der Waals surface area contributed by atoms with Crippen molar-refractivity contribution in [3.8, 4) is 11.1 Å². The zero-order valence-corrected chi connectivity index (χ0v) is 37.4. The summed E-state index contributed by atoms with van der Waals surface area (Å²) in [5.41, 5.74) is 3.73. The van der Waals surface area contributed by atoms with E-state index in [-0.39, 0.29) is 12.5 Å². The summed E-state index contributed by atoms with van der Waals surface area (Å²) in [6.45, 7) is 4.63. The van der Waals surface area contributed by atoms with Gasteiger partial charge in [0.2, 0.25) is 0 Å². The van der Waals surface area contributed by atoms with Crippen LogP contribution >= 0.6 is 0 Å². The molecule has 5 rings (SSSR count). The number of benzene rings is 2. The van der Waals surface area contributed by atoms with Gasteiger partial charge >= 0.3 is 53.8 Å². The van der Waals surface area contributed by atoms with Crippen molar-refractivity contribution in [1.29, 1.82) is 0 Å². The lowest BCUT2D eigenvalue weighted by Crippen LogP contribution is -2.67. The number of carbonyl (C=O) groups is 9. The summed E-state index contributed by atoms with van der Waals surface area (Å²) in [6.07, 6.45) is -18.6. The fourth-order valence-electron chi connectivity index (χ4n) is 7.75. The highest BCUT2D eigenvalue weighted by atomic mass is 16.8. The quantitative estimate of drug-likeness (QED) is 0.158. The molecular weight excluding hydrogens is 894 g/mol. The maximum Gasteiger partial charge on any atom is 0.407 e. The zero-order valence-electron chi connectivity index (χ0n) is 37.4. The molecule has 11 atom stereocenters. The molecule has 2 heterocycles. The molecule has 2 fully saturated rings. The molecule has 2 aliphatic heterocycles. The van der Waals surface area contributed by atoms with Crippen molar-refractivity contribution in [2.45, 2.75) is 122 Å². The van der Waals surface area contributed by atoms with Gasteiger partial charge in [-0.15, -0.1) is 0 Å². The number of carboxylic acids is 1. The SMILES string of the molecule is CC(=O)OCC1OC(OC2C(COC(C)=O)OC(OC[C@H](NC(=O)OCC3c4ccccc4-c4ccccc43)C(=O)O)C(OC(C)=O)C2OC(C)=O)C(OC(C)=O)C(OC(C)=O)C1OC(C)=O. The molecule has 2 saturated heterocycles. The summed E-state index contributed by atoms with van der Waals surface area (Å²) < 4.78 is 67.7. The summed E-state index contributed by atoms with van der Waals surface area (Å²) in [6, 6.07) is 13.3. The molecule has 2 aromatic carbocycles. The van der Waals surface area contributed by atoms with E-state index < -0.39 is 141 Å². The highest BCUT2D eigenvalue weighted by Crippen LogP contribution is 2.44. The van der Waals surface area contributed by atoms with Crippen molar-refractivity contribution >= 4 is 53.8 Å². The van der Waals surface area contributed by atoms with Crippen LogP contribution in [0.25, 0.3) is 11.1 Å². The molecule has 1 aliphatic carbocycles. The van der Waals surface area contributed by atoms with Gasteiger partial charge in [0.1, 0.15) is 38.1 Å². The molecule has 0 spiro atoms. The Balaban J connectivity index is 1.43. The lowest BCUT2D eigenvalue weighted by Gasteiger charge is -2.48. The molecule has 3 aliphatic rings. The molecule has 23 heteroatoms. The molecule has 0 saturated carbocycles. The smallest absolute Gasteiger partial charge is 0.407 e. The van der Waals surface area contributed by atoms with Gasteiger partial charge in [-0.2, -0.15) is 0 Å². The lowest BCUT2D eigenvalue weighted by molar-refractivity contribution is -0.361. The topological polar surface area (TPSA) is 297 Å². The van der Waals surface area contributed by atoms with E-state index in [9.17, 15) is 48.3 Å². The fraction of sp³-hybridized carbons (Fsp3) is 0.523. The predicted molar refractivity (Wildman–Crippen MR) is 219 cm³/mol. The summed E-state index contributed by atoms with van der Waals surface area (Å²) in [5, 5.41) is 12.4. The first kappa shape index (κ1) is 51.3. The Morgan fingerprint density at radius 2 is 0.940 bits per heavy atom. The van der Waals surface area contributed by atoms with Crippen LogP contribution in [0.2, 0.25) is 0 Å². The average Bonchev–Trinajstić information content (AvgIpc) is 3.56. The van der Waals surface area contributed by atoms with Crippen molar-refractivity contribution in [3.63, 3.8) is 0 Å². The third kappa shape index (κ3) is 13.7. The second-order valence-corrected chi connectivity index (χ2v) is 15.4. The lowest BCUT2D eigenvalue weighted by atomic mass is 9.96. The Hall–Kier alpha value is -6.69. The Morgan fingerprint density at radius 3 is 1.42 bits per heavy atom. The van der Waals surface area contributed by atoms with Crippen molar-refractivity contribution in [2.75, 3.05) is 26.4 Å². The van der Waals surface area contributed by atoms with Crippen LogP contribution in [0.3, 0.4) is 0 Å². The maximum atomic E-state index is 13.2. The zero-order chi connectivity index (χ0) is 49.1. The van der Waals surface area contributed by atoms with Crippen molar-refractivity contribution in [1.82, 2.24) is 5.32 Å². The molecule has 2 N–H and O–H groups in total. The summed E-state index contributed by atoms with van der Waals surface area (Å²) in [5.74, 6) is -8.47. The van der Waals surface area contributed by atoms with Crippen LogP contribution in [-0.4, -0.2) is 153 Å². The molecule has 2 aromatic rings. The number of hydrogen-bond donors (Lipinski definition) is 2. The van der Waals surface area contributed by atoms with Crippen LogP contribution in [0, 0.1) is 0 Å². The highest BCUT2D eigenvalue weighted by molar-refractivity contribution is 5.81. The van der Waals surface area contributed by atoms with Crippen LogP contribution in [0.1, 0.15) is 65.5 Å². The number of rotatable bonds is 18. The van der Waals surface area contributed by atoms with Gasteiger partial charge in [0.15, 0.2) is 49.1 Å². The first-order valence-electron chi connectivity index (χ1n) is 20.8. The van der Waals surface area contributed by atoms with E-state index in [0.29, 0.717) is 0 Å². The van der Waals surface area contributed by atoms with Crippen molar-refractivity contribution in [3.05, 3.63) is 59.7 Å². The van der Waals surface area contributed by atoms with Gasteiger partial charge in [-0.1, -0.05) is 48.5 Å². The molecule has 23 nitrogen and oxygen atoms in total. The Bertz CT molecular complexity index is 2130. The number of ether oxygens (including phenoxy) is 12. The fourth-order valence-corrected chi connectivity index (χ4v) is 7.75. The van der Waals surface area contributed by atoms with Gasteiger partial charge in [-0.05, 0) is 22.3 Å². The largest absolute Gasteiger partial charge is 0.480 e. The van der Waals surface area contributed by atoms with E-state index >= 15 is 0 Å². The van der Waals surface area contributed by atoms with Crippen LogP contribution in [-0.2, 0) is 95.2 Å². The normalized spacial score (nSPS) is 25.7. The van der Waals surface area contributed by atoms with E-state index in [1.807, 2.05) is 48.5 Å². The van der Waals surface area contributed by atoms with E-state index in [1.165, 1.54) is 0 Å². The molecule has 10 unspecified atom stereocenters. The number of nitrogens with one attached hydrogen (secondary N) is 1. The van der Waals surface area contributed by atoms with Crippen LogP contribution in [0.4, 0.5) is 4.79 Å². The minimum Gasteiger partial charge on any atom is -0.480 e. The maximum absolute atomic E-state index is 13.2. The van der Waals surface area contributed by atoms with E-state index in [1.54, 1.807) is 0 Å². The molecule has 0 radical (unpaired) electrons. The Kier molecular flexibility index (Phi) is 17.7. The third-order valence-corrected chi connectivity index (χ3v) is 10.2. The summed E-state index contributed by atoms with van der Waals surface area (Å²) in [4.78, 5) is 112. The van der Waals surface area contributed by atoms with Crippen LogP contribution in [0.15, 0.2) is 48.5 Å². The number of fused-ring (bicyclic) bond motifs is 3. The third-order valence-electron chi connectivity index (χ3n) is 10.2. The number of aliphatic carboxylic acids is 1. The second-order valence-electron chi connectivity index (χ2n) is 15.4. The second kappa shape index (κ2) is 23.2. The number of esters is 7. The number of alkyl carbamates (subject to hydrolysis) is 1. The van der Waals surface area contributed by atoms with Gasteiger partial charge in [-0.25, -0.2) is 9.59 Å². The van der Waals surface area contributed by atoms with E-state index in [4.69, 9.17) is 56.8 Å². The number of hydrogen-bond acceptors (Lipinski definition) is 21. The van der Waals surface area contributed by atoms with Gasteiger partial charge in [0.25, 0.3) is 0 Å². The predicted octanol–water partition coefficient (Wildman–Crippen LogP) is 1.61. The van der Waals surface area contributed by atoms with E-state index in [0.717, 1.165) is 70.7 Å². The molecular formula is C44H51NO22. The van der Waals surface area contributed by atoms with Gasteiger partial charge in [0, 0.05) is 54.4 Å². The van der Waals surface area contributed by atoms with E-state index in [2.05, 4.69) is 5.32 Å². The van der Waals surface area contributed by atoms with Crippen LogP contribution < -0.4 is 5.32 Å². The Labute approximate surface area is 382 Å². The van der Waals surface area contributed by atoms with Crippen molar-refractivity contribution < 1.29 is 105 Å². The molecule has 0 aromatic heterocycles. The first-order valence-corrected chi connectivity index (χ1v) is 20.8. The molecule has 364 valence electrons. The molecule has 1 amide bonds. The number of amides is 1. The summed E-state index contributed by atoms with van der Waals surface area (Å²) >= 11 is 0. The highest BCUT2D eigenvalue weighted by Gasteiger charge is 2.58. The Morgan fingerprint density at radius 1 is 0.522 bits per heavy atom. The summed E-state index contributed by atoms with van der Waals surface area (Å²) in [7, 11) is 0. The molecule has 0 bridgehead atoms. The minimum absolute atomic E-state index is 0.157. The standard InChI is InChI=1S/C44H51NO22/c1-20(46)56-18-33-35(60-22(3)48)37(61-23(4)49)40(64-26(7)52)43(66-33)67-36-34(19-57-21(2)47)65-42(39(63-25(6)51)38(36)62-24(5)50)58-17-32(41(53)54)45-44(55)59-16-31-29-14-10-8-12-27(29)28-13-9-11-15-30(28)31/h8-15,31-40,42-43H,16-19H2,1-7H3,(H,45,55)(H,53,54)/t32-,33?,34?,35?,36?,37?,38?,39?,40?,42?,43?/m0/s1. The number of carboxylic acid groups (broad SMARTS) is 1. The first-order chi connectivity index (χ1) is 31.7. The van der Waals surface area contributed by atoms with Gasteiger partial charge in [0.05, 0.1) is 6.61 Å². The van der Waals surface area contributed by atoms with Crippen molar-refractivity contribution in [2.24, 2.45) is 0 Å². The average molecular weight is 946 g/mol. The monoisotopic (exact) mass is 945 g/mol. The number of carbonyl (C=O) groups excluding carboxylic acids is 8. The molecule has 67 heavy (non-hydrogen) atoms. The minimum atomic E-state index is -1.93. The van der Waals surface area contributed by atoms with Gasteiger partial charge < -0.3 is 67.3 Å². The van der Waals surface area contributed by atoms with Crippen LogP contribution in [0.5, 0.6) is 0 Å².